The number of likely N-dealkylation sites (tertiary alicyclic amines) is 1. The van der Waals surface area contributed by atoms with Gasteiger partial charge in [0.15, 0.2) is 0 Å². The Morgan fingerprint density at radius 3 is 2.28 bits per heavy atom. The van der Waals surface area contributed by atoms with Crippen molar-refractivity contribution < 1.29 is 14.3 Å². The van der Waals surface area contributed by atoms with Crippen LogP contribution in [0.3, 0.4) is 0 Å². The molecule has 0 radical (unpaired) electrons. The van der Waals surface area contributed by atoms with Crippen LogP contribution < -0.4 is 4.74 Å². The van der Waals surface area contributed by atoms with Crippen molar-refractivity contribution in [2.45, 2.75) is 53.1 Å². The SMILES string of the molecule is CC(C)CCOc1ccc(C(=O)N2CCC(OCC(C)C)CC2)cc1. The van der Waals surface area contributed by atoms with E-state index in [0.29, 0.717) is 17.9 Å². The minimum absolute atomic E-state index is 0.107. The van der Waals surface area contributed by atoms with Crippen molar-refractivity contribution in [2.24, 2.45) is 11.8 Å². The van der Waals surface area contributed by atoms with Crippen LogP contribution in [0.1, 0.15) is 57.3 Å². The molecule has 1 aliphatic rings. The molecule has 1 amide bonds. The first kappa shape index (κ1) is 19.8. The fourth-order valence-electron chi connectivity index (χ4n) is 2.84. The predicted molar refractivity (Wildman–Crippen MR) is 101 cm³/mol. The highest BCUT2D eigenvalue weighted by molar-refractivity contribution is 5.94. The molecule has 1 aliphatic heterocycles. The number of benzene rings is 1. The zero-order valence-electron chi connectivity index (χ0n) is 16.2. The molecule has 0 aromatic heterocycles. The topological polar surface area (TPSA) is 38.8 Å². The lowest BCUT2D eigenvalue weighted by molar-refractivity contribution is -0.00231. The standard InChI is InChI=1S/C21H33NO3/c1-16(2)11-14-24-19-7-5-18(6-8-19)21(23)22-12-9-20(10-13-22)25-15-17(3)4/h5-8,16-17,20H,9-15H2,1-4H3. The third-order valence-corrected chi connectivity index (χ3v) is 4.46. The Kier molecular flexibility index (Phi) is 7.76. The van der Waals surface area contributed by atoms with Gasteiger partial charge in [-0.1, -0.05) is 27.7 Å². The summed E-state index contributed by atoms with van der Waals surface area (Å²) in [6.45, 7) is 11.8. The van der Waals surface area contributed by atoms with Crippen molar-refractivity contribution in [3.8, 4) is 5.75 Å². The number of carbonyl (C=O) groups is 1. The maximum Gasteiger partial charge on any atom is 0.253 e. The number of hydrogen-bond acceptors (Lipinski definition) is 3. The molecule has 4 nitrogen and oxygen atoms in total. The van der Waals surface area contributed by atoms with Crippen LogP contribution in [0.2, 0.25) is 0 Å². The van der Waals surface area contributed by atoms with E-state index in [1.165, 1.54) is 0 Å². The second kappa shape index (κ2) is 9.81. The van der Waals surface area contributed by atoms with E-state index in [9.17, 15) is 4.79 Å². The number of nitrogens with zero attached hydrogens (tertiary/aromatic N) is 1. The first-order valence-electron chi connectivity index (χ1n) is 9.59. The van der Waals surface area contributed by atoms with Crippen molar-refractivity contribution in [3.63, 3.8) is 0 Å². The molecule has 1 heterocycles. The molecule has 1 fully saturated rings. The van der Waals surface area contributed by atoms with Gasteiger partial charge in [-0.05, 0) is 55.4 Å². The largest absolute Gasteiger partial charge is 0.494 e. The van der Waals surface area contributed by atoms with E-state index in [-0.39, 0.29) is 5.91 Å². The van der Waals surface area contributed by atoms with Crippen molar-refractivity contribution in [1.82, 2.24) is 4.90 Å². The Labute approximate surface area is 152 Å². The quantitative estimate of drug-likeness (QED) is 0.700. The molecule has 0 spiro atoms. The van der Waals surface area contributed by atoms with Crippen LogP contribution in [0.5, 0.6) is 5.75 Å². The Balaban J connectivity index is 1.79. The zero-order valence-corrected chi connectivity index (χ0v) is 16.2. The van der Waals surface area contributed by atoms with Crippen LogP contribution in [-0.2, 0) is 4.74 Å². The fourth-order valence-corrected chi connectivity index (χ4v) is 2.84. The fraction of sp³-hybridized carbons (Fsp3) is 0.667. The minimum Gasteiger partial charge on any atom is -0.494 e. The van der Waals surface area contributed by atoms with Gasteiger partial charge >= 0.3 is 0 Å². The lowest BCUT2D eigenvalue weighted by Crippen LogP contribution is -2.41. The molecule has 1 aromatic carbocycles. The minimum atomic E-state index is 0.107. The van der Waals surface area contributed by atoms with Gasteiger partial charge < -0.3 is 14.4 Å². The van der Waals surface area contributed by atoms with Crippen LogP contribution >= 0.6 is 0 Å². The number of rotatable bonds is 8. The number of ether oxygens (including phenoxy) is 2. The molecule has 4 heteroatoms. The van der Waals surface area contributed by atoms with Gasteiger partial charge in [0.2, 0.25) is 0 Å². The highest BCUT2D eigenvalue weighted by atomic mass is 16.5. The van der Waals surface area contributed by atoms with E-state index < -0.39 is 0 Å². The summed E-state index contributed by atoms with van der Waals surface area (Å²) >= 11 is 0. The Bertz CT molecular complexity index is 516. The second-order valence-electron chi connectivity index (χ2n) is 7.77. The van der Waals surface area contributed by atoms with Gasteiger partial charge in [0, 0.05) is 25.3 Å². The molecule has 2 rings (SSSR count). The average Bonchev–Trinajstić information content (AvgIpc) is 2.60. The van der Waals surface area contributed by atoms with Crippen molar-refractivity contribution in [1.29, 1.82) is 0 Å². The van der Waals surface area contributed by atoms with Gasteiger partial charge in [-0.15, -0.1) is 0 Å². The molecule has 0 saturated carbocycles. The van der Waals surface area contributed by atoms with E-state index in [4.69, 9.17) is 9.47 Å². The first-order valence-corrected chi connectivity index (χ1v) is 9.59. The zero-order chi connectivity index (χ0) is 18.2. The molecule has 0 aliphatic carbocycles. The van der Waals surface area contributed by atoms with Crippen molar-refractivity contribution in [3.05, 3.63) is 29.8 Å². The maximum atomic E-state index is 12.6. The number of hydrogen-bond donors (Lipinski definition) is 0. The van der Waals surface area contributed by atoms with Crippen LogP contribution in [0.25, 0.3) is 0 Å². The molecule has 1 aromatic rings. The summed E-state index contributed by atoms with van der Waals surface area (Å²) in [5.74, 6) is 2.13. The molecule has 0 N–H and O–H groups in total. The third-order valence-electron chi connectivity index (χ3n) is 4.46. The summed E-state index contributed by atoms with van der Waals surface area (Å²) in [5.41, 5.74) is 0.734. The summed E-state index contributed by atoms with van der Waals surface area (Å²) in [6, 6.07) is 7.53. The lowest BCUT2D eigenvalue weighted by atomic mass is 10.1. The van der Waals surface area contributed by atoms with Gasteiger partial charge in [0.05, 0.1) is 12.7 Å². The summed E-state index contributed by atoms with van der Waals surface area (Å²) in [6.07, 6.45) is 3.18. The molecule has 140 valence electrons. The van der Waals surface area contributed by atoms with Gasteiger partial charge in [-0.2, -0.15) is 0 Å². The Hall–Kier alpha value is -1.55. The van der Waals surface area contributed by atoms with E-state index >= 15 is 0 Å². The van der Waals surface area contributed by atoms with Crippen LogP contribution in [0, 0.1) is 11.8 Å². The van der Waals surface area contributed by atoms with E-state index in [1.54, 1.807) is 0 Å². The first-order chi connectivity index (χ1) is 12.0. The van der Waals surface area contributed by atoms with Gasteiger partial charge in [-0.25, -0.2) is 0 Å². The van der Waals surface area contributed by atoms with Crippen LogP contribution in [0.15, 0.2) is 24.3 Å². The average molecular weight is 347 g/mol. The third kappa shape index (κ3) is 6.69. The summed E-state index contributed by atoms with van der Waals surface area (Å²) in [4.78, 5) is 14.6. The van der Waals surface area contributed by atoms with E-state index in [0.717, 1.165) is 56.9 Å². The molecular formula is C21H33NO3. The number of amides is 1. The highest BCUT2D eigenvalue weighted by Gasteiger charge is 2.24. The summed E-state index contributed by atoms with van der Waals surface area (Å²) in [7, 11) is 0. The molecule has 25 heavy (non-hydrogen) atoms. The number of piperidine rings is 1. The molecular weight excluding hydrogens is 314 g/mol. The monoisotopic (exact) mass is 347 g/mol. The Morgan fingerprint density at radius 2 is 1.72 bits per heavy atom. The van der Waals surface area contributed by atoms with Crippen molar-refractivity contribution >= 4 is 5.91 Å². The van der Waals surface area contributed by atoms with Crippen molar-refractivity contribution in [2.75, 3.05) is 26.3 Å². The predicted octanol–water partition coefficient (Wildman–Crippen LogP) is 4.39. The normalized spacial score (nSPS) is 15.8. The van der Waals surface area contributed by atoms with Crippen LogP contribution in [0.4, 0.5) is 0 Å². The van der Waals surface area contributed by atoms with E-state index in [1.807, 2.05) is 29.2 Å². The summed E-state index contributed by atoms with van der Waals surface area (Å²) in [5, 5.41) is 0. The molecule has 0 unspecified atom stereocenters. The second-order valence-corrected chi connectivity index (χ2v) is 7.77. The van der Waals surface area contributed by atoms with Gasteiger partial charge in [0.25, 0.3) is 5.91 Å². The van der Waals surface area contributed by atoms with E-state index in [2.05, 4.69) is 27.7 Å². The van der Waals surface area contributed by atoms with Crippen LogP contribution in [-0.4, -0.2) is 43.2 Å². The van der Waals surface area contributed by atoms with Gasteiger partial charge in [-0.3, -0.25) is 4.79 Å². The number of carbonyl (C=O) groups excluding carboxylic acids is 1. The lowest BCUT2D eigenvalue weighted by Gasteiger charge is -2.32. The smallest absolute Gasteiger partial charge is 0.253 e. The highest BCUT2D eigenvalue weighted by Crippen LogP contribution is 2.19. The maximum absolute atomic E-state index is 12.6. The molecule has 1 saturated heterocycles. The Morgan fingerprint density at radius 1 is 1.08 bits per heavy atom. The summed E-state index contributed by atoms with van der Waals surface area (Å²) < 4.78 is 11.6. The molecule has 0 atom stereocenters. The molecule has 0 bridgehead atoms. The van der Waals surface area contributed by atoms with Gasteiger partial charge in [0.1, 0.15) is 5.75 Å².